The molecule has 3 heteroatoms. The van der Waals surface area contributed by atoms with Crippen LogP contribution in [0.3, 0.4) is 0 Å². The molecule has 1 atom stereocenters. The lowest BCUT2D eigenvalue weighted by atomic mass is 9.86. The maximum atomic E-state index is 10.9. The Bertz CT molecular complexity index is 198. The Morgan fingerprint density at radius 1 is 1.40 bits per heavy atom. The van der Waals surface area contributed by atoms with E-state index in [1.807, 2.05) is 6.92 Å². The van der Waals surface area contributed by atoms with Crippen molar-refractivity contribution in [1.82, 2.24) is 4.90 Å². The van der Waals surface area contributed by atoms with E-state index in [2.05, 4.69) is 11.8 Å². The lowest BCUT2D eigenvalue weighted by molar-refractivity contribution is -0.142. The highest BCUT2D eigenvalue weighted by Gasteiger charge is 2.24. The molecule has 0 bridgehead atoms. The molecular formula is C12H23NO2. The first-order chi connectivity index (χ1) is 7.17. The van der Waals surface area contributed by atoms with Crippen LogP contribution in [0, 0.1) is 11.8 Å². The van der Waals surface area contributed by atoms with Gasteiger partial charge in [-0.25, -0.2) is 0 Å². The number of carbonyl (C=O) groups is 1. The number of hydrogen-bond acceptors (Lipinski definition) is 2. The van der Waals surface area contributed by atoms with Gasteiger partial charge in [0.25, 0.3) is 0 Å². The summed E-state index contributed by atoms with van der Waals surface area (Å²) in [5.74, 6) is -0.104. The summed E-state index contributed by atoms with van der Waals surface area (Å²) in [6.07, 6.45) is 4.00. The summed E-state index contributed by atoms with van der Waals surface area (Å²) < 4.78 is 0. The molecule has 0 spiro atoms. The van der Waals surface area contributed by atoms with Crippen molar-refractivity contribution in [2.75, 3.05) is 19.6 Å². The van der Waals surface area contributed by atoms with Gasteiger partial charge in [-0.3, -0.25) is 4.79 Å². The van der Waals surface area contributed by atoms with Gasteiger partial charge in [0.2, 0.25) is 0 Å². The SMILES string of the molecule is CCC(CC1CCN(CC)CC1)C(=O)O. The average molecular weight is 213 g/mol. The first-order valence-corrected chi connectivity index (χ1v) is 6.12. The zero-order chi connectivity index (χ0) is 11.3. The van der Waals surface area contributed by atoms with Crippen molar-refractivity contribution in [1.29, 1.82) is 0 Å². The average Bonchev–Trinajstić information content (AvgIpc) is 2.26. The van der Waals surface area contributed by atoms with Gasteiger partial charge < -0.3 is 10.0 Å². The summed E-state index contributed by atoms with van der Waals surface area (Å²) in [5.41, 5.74) is 0. The van der Waals surface area contributed by atoms with Crippen molar-refractivity contribution < 1.29 is 9.90 Å². The lowest BCUT2D eigenvalue weighted by Crippen LogP contribution is -2.34. The Morgan fingerprint density at radius 2 is 2.00 bits per heavy atom. The van der Waals surface area contributed by atoms with Crippen molar-refractivity contribution in [3.63, 3.8) is 0 Å². The smallest absolute Gasteiger partial charge is 0.306 e. The quantitative estimate of drug-likeness (QED) is 0.761. The van der Waals surface area contributed by atoms with Crippen molar-refractivity contribution in [3.8, 4) is 0 Å². The number of carboxylic acids is 1. The zero-order valence-electron chi connectivity index (χ0n) is 9.91. The summed E-state index contributed by atoms with van der Waals surface area (Å²) in [6.45, 7) is 7.59. The normalized spacial score (nSPS) is 21.5. The van der Waals surface area contributed by atoms with Crippen LogP contribution in [0.2, 0.25) is 0 Å². The van der Waals surface area contributed by atoms with Gasteiger partial charge in [0.05, 0.1) is 5.92 Å². The Balaban J connectivity index is 2.31. The molecule has 0 aromatic carbocycles. The van der Waals surface area contributed by atoms with Crippen LogP contribution in [-0.4, -0.2) is 35.6 Å². The summed E-state index contributed by atoms with van der Waals surface area (Å²) in [7, 11) is 0. The molecule has 1 unspecified atom stereocenters. The minimum atomic E-state index is -0.615. The minimum Gasteiger partial charge on any atom is -0.481 e. The van der Waals surface area contributed by atoms with Crippen LogP contribution in [0.25, 0.3) is 0 Å². The Labute approximate surface area is 92.5 Å². The zero-order valence-corrected chi connectivity index (χ0v) is 9.91. The van der Waals surface area contributed by atoms with E-state index < -0.39 is 5.97 Å². The van der Waals surface area contributed by atoms with Crippen LogP contribution < -0.4 is 0 Å². The number of hydrogen-bond donors (Lipinski definition) is 1. The Morgan fingerprint density at radius 3 is 2.40 bits per heavy atom. The van der Waals surface area contributed by atoms with E-state index in [0.29, 0.717) is 5.92 Å². The van der Waals surface area contributed by atoms with E-state index in [1.54, 1.807) is 0 Å². The molecule has 0 radical (unpaired) electrons. The first-order valence-electron chi connectivity index (χ1n) is 6.12. The fourth-order valence-corrected chi connectivity index (χ4v) is 2.38. The number of piperidine rings is 1. The van der Waals surface area contributed by atoms with Gasteiger partial charge in [0.15, 0.2) is 0 Å². The van der Waals surface area contributed by atoms with Crippen molar-refractivity contribution in [2.24, 2.45) is 11.8 Å². The van der Waals surface area contributed by atoms with Gasteiger partial charge in [0, 0.05) is 0 Å². The monoisotopic (exact) mass is 213 g/mol. The summed E-state index contributed by atoms with van der Waals surface area (Å²) >= 11 is 0. The standard InChI is InChI=1S/C12H23NO2/c1-3-11(12(14)15)9-10-5-7-13(4-2)8-6-10/h10-11H,3-9H2,1-2H3,(H,14,15). The summed E-state index contributed by atoms with van der Waals surface area (Å²) in [4.78, 5) is 13.4. The number of nitrogens with zero attached hydrogens (tertiary/aromatic N) is 1. The molecule has 1 fully saturated rings. The Kier molecular flexibility index (Phi) is 5.09. The fourth-order valence-electron chi connectivity index (χ4n) is 2.38. The number of carboxylic acid groups (broad SMARTS) is 1. The van der Waals surface area contributed by atoms with Crippen molar-refractivity contribution in [3.05, 3.63) is 0 Å². The predicted molar refractivity (Wildman–Crippen MR) is 60.9 cm³/mol. The highest BCUT2D eigenvalue weighted by atomic mass is 16.4. The molecule has 0 saturated carbocycles. The largest absolute Gasteiger partial charge is 0.481 e. The van der Waals surface area contributed by atoms with Crippen LogP contribution in [0.1, 0.15) is 39.5 Å². The van der Waals surface area contributed by atoms with Gasteiger partial charge >= 0.3 is 5.97 Å². The van der Waals surface area contributed by atoms with Crippen LogP contribution in [-0.2, 0) is 4.79 Å². The molecule has 1 saturated heterocycles. The molecule has 88 valence electrons. The lowest BCUT2D eigenvalue weighted by Gasteiger charge is -2.32. The molecular weight excluding hydrogens is 190 g/mol. The third kappa shape index (κ3) is 3.82. The van der Waals surface area contributed by atoms with E-state index in [-0.39, 0.29) is 5.92 Å². The second kappa shape index (κ2) is 6.11. The van der Waals surface area contributed by atoms with E-state index in [1.165, 1.54) is 12.8 Å². The fraction of sp³-hybridized carbons (Fsp3) is 0.917. The van der Waals surface area contributed by atoms with E-state index in [9.17, 15) is 4.79 Å². The van der Waals surface area contributed by atoms with Crippen LogP contribution >= 0.6 is 0 Å². The highest BCUT2D eigenvalue weighted by Crippen LogP contribution is 2.25. The molecule has 0 aromatic heterocycles. The molecule has 0 aliphatic carbocycles. The van der Waals surface area contributed by atoms with Gasteiger partial charge in [-0.2, -0.15) is 0 Å². The van der Waals surface area contributed by atoms with E-state index >= 15 is 0 Å². The highest BCUT2D eigenvalue weighted by molar-refractivity contribution is 5.69. The third-order valence-electron chi connectivity index (χ3n) is 3.61. The molecule has 0 aromatic rings. The van der Waals surface area contributed by atoms with Gasteiger partial charge in [-0.1, -0.05) is 13.8 Å². The summed E-state index contributed by atoms with van der Waals surface area (Å²) in [5, 5.41) is 8.99. The van der Waals surface area contributed by atoms with Crippen LogP contribution in [0.4, 0.5) is 0 Å². The predicted octanol–water partition coefficient (Wildman–Crippen LogP) is 2.22. The van der Waals surface area contributed by atoms with Crippen LogP contribution in [0.5, 0.6) is 0 Å². The molecule has 0 amide bonds. The van der Waals surface area contributed by atoms with Crippen molar-refractivity contribution in [2.45, 2.75) is 39.5 Å². The number of aliphatic carboxylic acids is 1. The molecule has 15 heavy (non-hydrogen) atoms. The molecule has 1 aliphatic heterocycles. The second-order valence-electron chi connectivity index (χ2n) is 4.56. The maximum Gasteiger partial charge on any atom is 0.306 e. The molecule has 1 aliphatic rings. The third-order valence-corrected chi connectivity index (χ3v) is 3.61. The van der Waals surface area contributed by atoms with E-state index in [4.69, 9.17) is 5.11 Å². The van der Waals surface area contributed by atoms with E-state index in [0.717, 1.165) is 32.5 Å². The molecule has 1 heterocycles. The summed E-state index contributed by atoms with van der Waals surface area (Å²) in [6, 6.07) is 0. The number of likely N-dealkylation sites (tertiary alicyclic amines) is 1. The topological polar surface area (TPSA) is 40.5 Å². The molecule has 1 rings (SSSR count). The Hall–Kier alpha value is -0.570. The van der Waals surface area contributed by atoms with Gasteiger partial charge in [-0.05, 0) is 51.2 Å². The maximum absolute atomic E-state index is 10.9. The van der Waals surface area contributed by atoms with Gasteiger partial charge in [0.1, 0.15) is 0 Å². The minimum absolute atomic E-state index is 0.122. The van der Waals surface area contributed by atoms with Gasteiger partial charge in [-0.15, -0.1) is 0 Å². The second-order valence-corrected chi connectivity index (χ2v) is 4.56. The molecule has 1 N–H and O–H groups in total. The van der Waals surface area contributed by atoms with Crippen molar-refractivity contribution >= 4 is 5.97 Å². The number of rotatable bonds is 5. The van der Waals surface area contributed by atoms with Crippen LogP contribution in [0.15, 0.2) is 0 Å². The molecule has 3 nitrogen and oxygen atoms in total. The first kappa shape index (κ1) is 12.5.